The van der Waals surface area contributed by atoms with Gasteiger partial charge in [-0.05, 0) is 29.8 Å². The molecule has 0 bridgehead atoms. The summed E-state index contributed by atoms with van der Waals surface area (Å²) in [6.07, 6.45) is -4.25. The van der Waals surface area contributed by atoms with E-state index >= 15 is 0 Å². The van der Waals surface area contributed by atoms with Crippen LogP contribution in [0.4, 0.5) is 26.3 Å². The second-order valence-corrected chi connectivity index (χ2v) is 7.92. The molecule has 4 heterocycles. The van der Waals surface area contributed by atoms with Crippen LogP contribution in [0, 0.1) is 0 Å². The van der Waals surface area contributed by atoms with E-state index in [2.05, 4.69) is 44.0 Å². The maximum absolute atomic E-state index is 10.6. The number of pyridine rings is 2. The first-order valence-electron chi connectivity index (χ1n) is 10.7. The number of ether oxygens (including phenoxy) is 1. The fourth-order valence-electron chi connectivity index (χ4n) is 3.60. The molecule has 4 rings (SSSR count). The third-order valence-corrected chi connectivity index (χ3v) is 5.22. The van der Waals surface area contributed by atoms with Crippen LogP contribution in [0.5, 0.6) is 0 Å². The molecule has 0 radical (unpaired) electrons. The molecule has 204 valence electrons. The molecule has 9 nitrogen and oxygen atoms in total. The van der Waals surface area contributed by atoms with Crippen molar-refractivity contribution >= 4 is 11.9 Å². The molecular weight excluding hydrogens is 514 g/mol. The Labute approximate surface area is 207 Å². The Morgan fingerprint density at radius 2 is 1.51 bits per heavy atom. The smallest absolute Gasteiger partial charge is 0.475 e. The molecule has 15 heteroatoms. The summed E-state index contributed by atoms with van der Waals surface area (Å²) in [5, 5.41) is 14.2. The molecule has 2 fully saturated rings. The van der Waals surface area contributed by atoms with Crippen molar-refractivity contribution in [2.45, 2.75) is 37.6 Å². The zero-order chi connectivity index (χ0) is 27.6. The summed E-state index contributed by atoms with van der Waals surface area (Å²) < 4.78 is 69.5. The average Bonchev–Trinajstić information content (AvgIpc) is 3.23. The molecular formula is C22H24F6N4O5. The summed E-state index contributed by atoms with van der Waals surface area (Å²) in [7, 11) is 0. The SMILES string of the molecule is O=C(O)C(F)(F)F.O=C(O)C(F)(F)F.c1ccc(CN2C[C@@H]3OCCN(Cc4ccncc4)[C@@H]3C2)nc1. The van der Waals surface area contributed by atoms with Crippen molar-refractivity contribution in [3.8, 4) is 0 Å². The first-order chi connectivity index (χ1) is 17.3. The summed E-state index contributed by atoms with van der Waals surface area (Å²) in [5.41, 5.74) is 2.45. The van der Waals surface area contributed by atoms with E-state index in [1.165, 1.54) is 5.56 Å². The molecule has 2 aliphatic rings. The van der Waals surface area contributed by atoms with E-state index in [1.54, 1.807) is 0 Å². The first-order valence-corrected chi connectivity index (χ1v) is 10.7. The van der Waals surface area contributed by atoms with E-state index in [4.69, 9.17) is 24.5 Å². The van der Waals surface area contributed by atoms with E-state index in [0.29, 0.717) is 12.1 Å². The number of likely N-dealkylation sites (tertiary alicyclic amines) is 1. The highest BCUT2D eigenvalue weighted by atomic mass is 19.4. The van der Waals surface area contributed by atoms with Gasteiger partial charge in [-0.25, -0.2) is 9.59 Å². The molecule has 2 saturated heterocycles. The van der Waals surface area contributed by atoms with E-state index in [0.717, 1.165) is 45.0 Å². The number of fused-ring (bicyclic) bond motifs is 1. The largest absolute Gasteiger partial charge is 0.490 e. The number of morpholine rings is 1. The Hall–Kier alpha value is -3.30. The van der Waals surface area contributed by atoms with Crippen molar-refractivity contribution in [3.63, 3.8) is 0 Å². The molecule has 37 heavy (non-hydrogen) atoms. The fourth-order valence-corrected chi connectivity index (χ4v) is 3.60. The summed E-state index contributed by atoms with van der Waals surface area (Å²) >= 11 is 0. The number of hydrogen-bond acceptors (Lipinski definition) is 7. The number of nitrogens with zero attached hydrogens (tertiary/aromatic N) is 4. The van der Waals surface area contributed by atoms with Gasteiger partial charge in [0.2, 0.25) is 0 Å². The Kier molecular flexibility index (Phi) is 10.8. The Balaban J connectivity index is 0.000000286. The highest BCUT2D eigenvalue weighted by Crippen LogP contribution is 2.25. The van der Waals surface area contributed by atoms with Gasteiger partial charge in [-0.1, -0.05) is 6.07 Å². The van der Waals surface area contributed by atoms with Gasteiger partial charge >= 0.3 is 24.3 Å². The first kappa shape index (κ1) is 29.9. The van der Waals surface area contributed by atoms with Crippen LogP contribution in [0.15, 0.2) is 48.9 Å². The molecule has 0 amide bonds. The standard InChI is InChI=1S/C18H22N4O.2C2HF3O2/c1-2-6-20-16(3-1)12-21-13-17-18(14-21)23-10-9-22(17)11-15-4-7-19-8-5-15;2*3-2(4,5)1(6)7/h1-8,17-18H,9-14H2;2*(H,6,7)/t17-,18+;;/m1../s1. The van der Waals surface area contributed by atoms with Gasteiger partial charge in [-0.2, -0.15) is 26.3 Å². The zero-order valence-corrected chi connectivity index (χ0v) is 19.2. The Bertz CT molecular complexity index is 971. The van der Waals surface area contributed by atoms with E-state index in [9.17, 15) is 26.3 Å². The third kappa shape index (κ3) is 10.3. The van der Waals surface area contributed by atoms with Crippen molar-refractivity contribution in [2.24, 2.45) is 0 Å². The monoisotopic (exact) mass is 538 g/mol. The summed E-state index contributed by atoms with van der Waals surface area (Å²) in [6, 6.07) is 10.8. The number of aliphatic carboxylic acids is 2. The van der Waals surface area contributed by atoms with Crippen molar-refractivity contribution in [1.29, 1.82) is 0 Å². The van der Waals surface area contributed by atoms with Crippen LogP contribution in [0.2, 0.25) is 0 Å². The zero-order valence-electron chi connectivity index (χ0n) is 19.2. The lowest BCUT2D eigenvalue weighted by molar-refractivity contribution is -0.193. The number of carbonyl (C=O) groups is 2. The Morgan fingerprint density at radius 3 is 2.03 bits per heavy atom. The second kappa shape index (κ2) is 13.3. The van der Waals surface area contributed by atoms with E-state index < -0.39 is 24.3 Å². The Morgan fingerprint density at radius 1 is 0.919 bits per heavy atom. The molecule has 2 N–H and O–H groups in total. The van der Waals surface area contributed by atoms with Crippen LogP contribution in [-0.2, 0) is 27.4 Å². The molecule has 2 aromatic heterocycles. The molecule has 2 atom stereocenters. The van der Waals surface area contributed by atoms with Crippen LogP contribution in [0.25, 0.3) is 0 Å². The van der Waals surface area contributed by atoms with Crippen LogP contribution in [-0.4, -0.2) is 92.7 Å². The summed E-state index contributed by atoms with van der Waals surface area (Å²) in [6.45, 7) is 5.75. The number of alkyl halides is 6. The number of rotatable bonds is 4. The molecule has 0 unspecified atom stereocenters. The maximum Gasteiger partial charge on any atom is 0.490 e. The van der Waals surface area contributed by atoms with Crippen molar-refractivity contribution in [1.82, 2.24) is 19.8 Å². The lowest BCUT2D eigenvalue weighted by atomic mass is 10.1. The summed E-state index contributed by atoms with van der Waals surface area (Å²) in [5.74, 6) is -5.51. The molecule has 2 aromatic rings. The predicted octanol–water partition coefficient (Wildman–Crippen LogP) is 2.83. The van der Waals surface area contributed by atoms with Gasteiger partial charge in [-0.3, -0.25) is 19.8 Å². The van der Waals surface area contributed by atoms with Gasteiger partial charge in [0.1, 0.15) is 0 Å². The normalized spacial score (nSPS) is 20.1. The second-order valence-electron chi connectivity index (χ2n) is 7.92. The van der Waals surface area contributed by atoms with Crippen LogP contribution >= 0.6 is 0 Å². The number of carboxylic acids is 2. The predicted molar refractivity (Wildman–Crippen MR) is 115 cm³/mol. The molecule has 0 aliphatic carbocycles. The van der Waals surface area contributed by atoms with Gasteiger partial charge in [0.15, 0.2) is 0 Å². The average molecular weight is 538 g/mol. The molecule has 0 saturated carbocycles. The minimum atomic E-state index is -5.08. The number of aromatic nitrogens is 2. The van der Waals surface area contributed by atoms with Crippen LogP contribution in [0.3, 0.4) is 0 Å². The minimum Gasteiger partial charge on any atom is -0.475 e. The van der Waals surface area contributed by atoms with E-state index in [-0.39, 0.29) is 0 Å². The lowest BCUT2D eigenvalue weighted by Crippen LogP contribution is -2.50. The van der Waals surface area contributed by atoms with Crippen molar-refractivity contribution < 1.29 is 50.9 Å². The number of hydrogen-bond donors (Lipinski definition) is 2. The van der Waals surface area contributed by atoms with Gasteiger partial charge in [0.05, 0.1) is 24.4 Å². The quantitative estimate of drug-likeness (QED) is 0.567. The third-order valence-electron chi connectivity index (χ3n) is 5.22. The fraction of sp³-hybridized carbons (Fsp3) is 0.455. The van der Waals surface area contributed by atoms with Crippen molar-refractivity contribution in [3.05, 3.63) is 60.2 Å². The molecule has 0 spiro atoms. The van der Waals surface area contributed by atoms with E-state index in [1.807, 2.05) is 24.7 Å². The van der Waals surface area contributed by atoms with Crippen molar-refractivity contribution in [2.75, 3.05) is 26.2 Å². The minimum absolute atomic E-state index is 0.314. The number of carboxylic acid groups (broad SMARTS) is 2. The van der Waals surface area contributed by atoms with Gasteiger partial charge < -0.3 is 14.9 Å². The lowest BCUT2D eigenvalue weighted by Gasteiger charge is -2.36. The molecule has 0 aromatic carbocycles. The van der Waals surface area contributed by atoms with Gasteiger partial charge in [-0.15, -0.1) is 0 Å². The molecule has 2 aliphatic heterocycles. The highest BCUT2D eigenvalue weighted by molar-refractivity contribution is 5.73. The van der Waals surface area contributed by atoms with Gasteiger partial charge in [0.25, 0.3) is 0 Å². The summed E-state index contributed by atoms with van der Waals surface area (Å²) in [4.78, 5) is 31.4. The van der Waals surface area contributed by atoms with Crippen LogP contribution in [0.1, 0.15) is 11.3 Å². The highest BCUT2D eigenvalue weighted by Gasteiger charge is 2.40. The van der Waals surface area contributed by atoms with Gasteiger partial charge in [0, 0.05) is 51.3 Å². The van der Waals surface area contributed by atoms with Crippen LogP contribution < -0.4 is 0 Å². The topological polar surface area (TPSA) is 116 Å². The maximum atomic E-state index is 10.6. The number of halogens is 6.